The second kappa shape index (κ2) is 5.84. The first-order chi connectivity index (χ1) is 9.37. The van der Waals surface area contributed by atoms with E-state index >= 15 is 0 Å². The molecule has 0 N–H and O–H groups in total. The summed E-state index contributed by atoms with van der Waals surface area (Å²) in [6.45, 7) is 5.85. The van der Waals surface area contributed by atoms with E-state index in [2.05, 4.69) is 0 Å². The molecule has 0 radical (unpaired) electrons. The Labute approximate surface area is 119 Å². The lowest BCUT2D eigenvalue weighted by molar-refractivity contribution is 0.180. The van der Waals surface area contributed by atoms with Crippen LogP contribution in [0, 0.1) is 6.92 Å². The molecular formula is C15H20NO3P. The highest BCUT2D eigenvalue weighted by Crippen LogP contribution is 2.35. The van der Waals surface area contributed by atoms with E-state index in [1.807, 2.05) is 43.3 Å². The summed E-state index contributed by atoms with van der Waals surface area (Å²) in [6, 6.07) is 7.62. The molecule has 1 unspecified atom stereocenters. The van der Waals surface area contributed by atoms with Gasteiger partial charge in [0.15, 0.2) is 0 Å². The standard InChI is InChI=1S/C15H20NO3P/c1-12-6-8-13(9-7-12)16-14(11-19-15(16)17)5-4-10-20(2,3)18/h4-9,14H,10-11H2,1-3H3/b5-4+. The fraction of sp³-hybridized carbons (Fsp3) is 0.400. The van der Waals surface area contributed by atoms with Crippen LogP contribution in [0.15, 0.2) is 36.4 Å². The van der Waals surface area contributed by atoms with Gasteiger partial charge in [-0.3, -0.25) is 4.90 Å². The summed E-state index contributed by atoms with van der Waals surface area (Å²) >= 11 is 0. The van der Waals surface area contributed by atoms with Gasteiger partial charge in [-0.2, -0.15) is 0 Å². The van der Waals surface area contributed by atoms with Gasteiger partial charge in [-0.25, -0.2) is 4.79 Å². The van der Waals surface area contributed by atoms with Gasteiger partial charge in [0.25, 0.3) is 0 Å². The molecule has 20 heavy (non-hydrogen) atoms. The molecule has 1 fully saturated rings. The summed E-state index contributed by atoms with van der Waals surface area (Å²) in [5, 5.41) is 0. The van der Waals surface area contributed by atoms with Crippen molar-refractivity contribution in [3.8, 4) is 0 Å². The van der Waals surface area contributed by atoms with E-state index in [4.69, 9.17) is 4.74 Å². The highest BCUT2D eigenvalue weighted by atomic mass is 31.2. The first-order valence-electron chi connectivity index (χ1n) is 6.60. The zero-order valence-electron chi connectivity index (χ0n) is 12.1. The van der Waals surface area contributed by atoms with E-state index < -0.39 is 7.14 Å². The summed E-state index contributed by atoms with van der Waals surface area (Å²) in [6.07, 6.45) is 4.00. The maximum atomic E-state index is 11.8. The lowest BCUT2D eigenvalue weighted by Crippen LogP contribution is -2.31. The monoisotopic (exact) mass is 293 g/mol. The molecule has 0 bridgehead atoms. The largest absolute Gasteiger partial charge is 0.447 e. The second-order valence-corrected chi connectivity index (χ2v) is 9.05. The van der Waals surface area contributed by atoms with E-state index in [0.29, 0.717) is 12.8 Å². The lowest BCUT2D eigenvalue weighted by Gasteiger charge is -2.19. The van der Waals surface area contributed by atoms with Gasteiger partial charge in [0.1, 0.15) is 6.61 Å². The minimum atomic E-state index is -2.07. The summed E-state index contributed by atoms with van der Waals surface area (Å²) in [4.78, 5) is 13.5. The summed E-state index contributed by atoms with van der Waals surface area (Å²) in [5.74, 6) is 0. The smallest absolute Gasteiger partial charge is 0.415 e. The predicted molar refractivity (Wildman–Crippen MR) is 82.3 cm³/mol. The summed E-state index contributed by atoms with van der Waals surface area (Å²) in [5.41, 5.74) is 1.97. The van der Waals surface area contributed by atoms with Gasteiger partial charge in [0, 0.05) is 11.8 Å². The number of rotatable bonds is 4. The third kappa shape index (κ3) is 3.73. The minimum absolute atomic E-state index is 0.128. The number of cyclic esters (lactones) is 1. The fourth-order valence-corrected chi connectivity index (χ4v) is 2.68. The Morgan fingerprint density at radius 2 is 2.00 bits per heavy atom. The number of benzene rings is 1. The molecule has 2 rings (SSSR count). The Kier molecular flexibility index (Phi) is 4.34. The van der Waals surface area contributed by atoms with E-state index in [0.717, 1.165) is 11.3 Å². The normalized spacial score (nSPS) is 19.6. The average molecular weight is 293 g/mol. The summed E-state index contributed by atoms with van der Waals surface area (Å²) in [7, 11) is -2.07. The Bertz CT molecular complexity index is 559. The summed E-state index contributed by atoms with van der Waals surface area (Å²) < 4.78 is 16.8. The average Bonchev–Trinajstić information content (AvgIpc) is 2.70. The van der Waals surface area contributed by atoms with Crippen LogP contribution in [0.4, 0.5) is 10.5 Å². The number of amides is 1. The molecule has 1 aromatic carbocycles. The minimum Gasteiger partial charge on any atom is -0.447 e. The number of hydrogen-bond donors (Lipinski definition) is 0. The number of ether oxygens (including phenoxy) is 1. The molecule has 0 saturated carbocycles. The Morgan fingerprint density at radius 1 is 1.35 bits per heavy atom. The van der Waals surface area contributed by atoms with Gasteiger partial charge in [0.2, 0.25) is 0 Å². The van der Waals surface area contributed by atoms with E-state index in [1.54, 1.807) is 18.2 Å². The molecule has 1 aromatic rings. The van der Waals surface area contributed by atoms with Crippen molar-refractivity contribution < 1.29 is 14.1 Å². The van der Waals surface area contributed by atoms with Crippen molar-refractivity contribution in [3.05, 3.63) is 42.0 Å². The van der Waals surface area contributed by atoms with Crippen LogP contribution in [-0.4, -0.2) is 38.2 Å². The Morgan fingerprint density at radius 3 is 2.60 bits per heavy atom. The maximum absolute atomic E-state index is 11.8. The van der Waals surface area contributed by atoms with Crippen LogP contribution in [0.5, 0.6) is 0 Å². The number of carbonyl (C=O) groups is 1. The third-order valence-electron chi connectivity index (χ3n) is 3.12. The van der Waals surface area contributed by atoms with Crippen LogP contribution in [-0.2, 0) is 9.30 Å². The Balaban J connectivity index is 2.14. The first-order valence-corrected chi connectivity index (χ1v) is 9.39. The van der Waals surface area contributed by atoms with Crippen molar-refractivity contribution in [2.24, 2.45) is 0 Å². The molecule has 1 aliphatic heterocycles. The number of allylic oxidation sites excluding steroid dienone is 1. The number of anilines is 1. The number of nitrogens with zero attached hydrogens (tertiary/aromatic N) is 1. The van der Waals surface area contributed by atoms with Crippen LogP contribution in [0.1, 0.15) is 5.56 Å². The highest BCUT2D eigenvalue weighted by Gasteiger charge is 2.32. The zero-order valence-corrected chi connectivity index (χ0v) is 13.0. The maximum Gasteiger partial charge on any atom is 0.415 e. The SMILES string of the molecule is Cc1ccc(N2C(=O)OCC2/C=C/CP(C)(C)=O)cc1. The molecule has 1 amide bonds. The van der Waals surface area contributed by atoms with Crippen LogP contribution in [0.2, 0.25) is 0 Å². The second-order valence-electron chi connectivity index (χ2n) is 5.53. The quantitative estimate of drug-likeness (QED) is 0.630. The van der Waals surface area contributed by atoms with Crippen molar-refractivity contribution in [1.82, 2.24) is 0 Å². The van der Waals surface area contributed by atoms with Crippen molar-refractivity contribution in [2.75, 3.05) is 31.0 Å². The molecular weight excluding hydrogens is 273 g/mol. The molecule has 0 spiro atoms. The molecule has 1 aliphatic rings. The zero-order chi connectivity index (χ0) is 14.8. The molecule has 1 atom stereocenters. The van der Waals surface area contributed by atoms with Crippen LogP contribution >= 0.6 is 7.14 Å². The van der Waals surface area contributed by atoms with Gasteiger partial charge >= 0.3 is 6.09 Å². The molecule has 5 heteroatoms. The van der Waals surface area contributed by atoms with Crippen molar-refractivity contribution in [3.63, 3.8) is 0 Å². The van der Waals surface area contributed by atoms with E-state index in [-0.39, 0.29) is 12.1 Å². The van der Waals surface area contributed by atoms with Crippen LogP contribution < -0.4 is 4.90 Å². The first kappa shape index (κ1) is 14.9. The number of carbonyl (C=O) groups excluding carboxylic acids is 1. The van der Waals surface area contributed by atoms with Gasteiger partial charge in [0.05, 0.1) is 13.2 Å². The van der Waals surface area contributed by atoms with Crippen LogP contribution in [0.3, 0.4) is 0 Å². The van der Waals surface area contributed by atoms with Crippen molar-refractivity contribution in [1.29, 1.82) is 0 Å². The molecule has 4 nitrogen and oxygen atoms in total. The third-order valence-corrected chi connectivity index (χ3v) is 4.21. The van der Waals surface area contributed by atoms with E-state index in [1.165, 1.54) is 0 Å². The van der Waals surface area contributed by atoms with Gasteiger partial charge < -0.3 is 9.30 Å². The molecule has 108 valence electrons. The molecule has 1 heterocycles. The highest BCUT2D eigenvalue weighted by molar-refractivity contribution is 7.62. The Hall–Kier alpha value is -1.54. The molecule has 0 aromatic heterocycles. The molecule has 1 saturated heterocycles. The molecule has 0 aliphatic carbocycles. The predicted octanol–water partition coefficient (Wildman–Crippen LogP) is 3.50. The van der Waals surface area contributed by atoms with Gasteiger partial charge in [-0.15, -0.1) is 0 Å². The van der Waals surface area contributed by atoms with Gasteiger partial charge in [-0.1, -0.05) is 29.8 Å². The topological polar surface area (TPSA) is 46.6 Å². The lowest BCUT2D eigenvalue weighted by atomic mass is 10.2. The number of aryl methyl sites for hydroxylation is 1. The van der Waals surface area contributed by atoms with E-state index in [9.17, 15) is 9.36 Å². The van der Waals surface area contributed by atoms with Gasteiger partial charge in [-0.05, 0) is 32.4 Å². The van der Waals surface area contributed by atoms with Crippen molar-refractivity contribution in [2.45, 2.75) is 13.0 Å². The van der Waals surface area contributed by atoms with Crippen molar-refractivity contribution >= 4 is 18.9 Å². The van der Waals surface area contributed by atoms with Crippen LogP contribution in [0.25, 0.3) is 0 Å². The number of hydrogen-bond acceptors (Lipinski definition) is 3. The fourth-order valence-electron chi connectivity index (χ4n) is 2.05.